The molecule has 1 aliphatic rings. The second-order valence-electron chi connectivity index (χ2n) is 6.69. The van der Waals surface area contributed by atoms with Gasteiger partial charge >= 0.3 is 11.8 Å². The summed E-state index contributed by atoms with van der Waals surface area (Å²) in [6, 6.07) is 8.94. The third-order valence-corrected chi connectivity index (χ3v) is 4.40. The van der Waals surface area contributed by atoms with Crippen LogP contribution in [-0.4, -0.2) is 23.5 Å². The molecule has 0 saturated heterocycles. The van der Waals surface area contributed by atoms with E-state index in [1.54, 1.807) is 24.3 Å². The molecule has 0 spiro atoms. The monoisotopic (exact) mass is 342 g/mol. The van der Waals surface area contributed by atoms with Crippen LogP contribution < -0.4 is 10.6 Å². The quantitative estimate of drug-likeness (QED) is 0.727. The van der Waals surface area contributed by atoms with Crippen LogP contribution in [0.1, 0.15) is 29.7 Å². The Morgan fingerprint density at radius 1 is 1.20 bits per heavy atom. The number of hydrogen-bond donors (Lipinski definition) is 3. The Kier molecular flexibility index (Phi) is 4.63. The fourth-order valence-corrected chi connectivity index (χ4v) is 3.05. The van der Waals surface area contributed by atoms with Crippen molar-refractivity contribution in [2.75, 3.05) is 11.9 Å². The van der Waals surface area contributed by atoms with Crippen molar-refractivity contribution >= 4 is 17.5 Å². The van der Waals surface area contributed by atoms with Gasteiger partial charge in [0.25, 0.3) is 0 Å². The topological polar surface area (TPSA) is 91.6 Å². The number of nitrogens with one attached hydrogen (secondary N) is 2. The SMILES string of the molecule is Cc1cc(C)cc(NC(=O)C(=O)NCC(O)(c2ccco2)C2CC2)c1. The van der Waals surface area contributed by atoms with Crippen LogP contribution >= 0.6 is 0 Å². The maximum Gasteiger partial charge on any atom is 0.313 e. The van der Waals surface area contributed by atoms with E-state index in [-0.39, 0.29) is 12.5 Å². The van der Waals surface area contributed by atoms with E-state index in [0.29, 0.717) is 11.4 Å². The van der Waals surface area contributed by atoms with Crippen molar-refractivity contribution < 1.29 is 19.1 Å². The molecular weight excluding hydrogens is 320 g/mol. The molecule has 6 heteroatoms. The minimum absolute atomic E-state index is 0.0291. The summed E-state index contributed by atoms with van der Waals surface area (Å²) in [5, 5.41) is 16.0. The molecule has 0 bridgehead atoms. The molecule has 1 fully saturated rings. The van der Waals surface area contributed by atoms with Crippen LogP contribution in [-0.2, 0) is 15.2 Å². The van der Waals surface area contributed by atoms with Gasteiger partial charge in [-0.2, -0.15) is 0 Å². The maximum absolute atomic E-state index is 12.1. The molecule has 1 unspecified atom stereocenters. The van der Waals surface area contributed by atoms with Gasteiger partial charge in [-0.1, -0.05) is 6.07 Å². The van der Waals surface area contributed by atoms with Gasteiger partial charge in [0.15, 0.2) is 0 Å². The van der Waals surface area contributed by atoms with Crippen molar-refractivity contribution in [2.45, 2.75) is 32.3 Å². The Labute approximate surface area is 146 Å². The summed E-state index contributed by atoms with van der Waals surface area (Å²) >= 11 is 0. The fraction of sp³-hybridized carbons (Fsp3) is 0.368. The van der Waals surface area contributed by atoms with Gasteiger partial charge in [0, 0.05) is 5.69 Å². The van der Waals surface area contributed by atoms with E-state index in [4.69, 9.17) is 4.42 Å². The number of rotatable bonds is 5. The number of aryl methyl sites for hydroxylation is 2. The number of amides is 2. The third-order valence-electron chi connectivity index (χ3n) is 4.40. The lowest BCUT2D eigenvalue weighted by Gasteiger charge is -2.26. The van der Waals surface area contributed by atoms with Gasteiger partial charge in [0.05, 0.1) is 12.8 Å². The smallest absolute Gasteiger partial charge is 0.313 e. The van der Waals surface area contributed by atoms with Crippen LogP contribution in [0.4, 0.5) is 5.69 Å². The minimum Gasteiger partial charge on any atom is -0.466 e. The maximum atomic E-state index is 12.1. The van der Waals surface area contributed by atoms with Gasteiger partial charge in [-0.25, -0.2) is 0 Å². The zero-order valence-corrected chi connectivity index (χ0v) is 14.3. The number of hydrogen-bond acceptors (Lipinski definition) is 4. The normalized spacial score (nSPS) is 16.1. The second-order valence-corrected chi connectivity index (χ2v) is 6.69. The average molecular weight is 342 g/mol. The van der Waals surface area contributed by atoms with Gasteiger partial charge in [-0.15, -0.1) is 0 Å². The van der Waals surface area contributed by atoms with Gasteiger partial charge in [0.2, 0.25) is 0 Å². The Bertz CT molecular complexity index is 760. The van der Waals surface area contributed by atoms with Crippen molar-refractivity contribution in [3.63, 3.8) is 0 Å². The van der Waals surface area contributed by atoms with E-state index in [9.17, 15) is 14.7 Å². The molecule has 0 radical (unpaired) electrons. The van der Waals surface area contributed by atoms with Crippen molar-refractivity contribution in [2.24, 2.45) is 5.92 Å². The van der Waals surface area contributed by atoms with Crippen LogP contribution in [0, 0.1) is 19.8 Å². The van der Waals surface area contributed by atoms with E-state index in [1.807, 2.05) is 19.9 Å². The fourth-order valence-electron chi connectivity index (χ4n) is 3.05. The number of benzene rings is 1. The van der Waals surface area contributed by atoms with Crippen LogP contribution in [0.25, 0.3) is 0 Å². The number of carbonyl (C=O) groups is 2. The summed E-state index contributed by atoms with van der Waals surface area (Å²) in [6.45, 7) is 3.77. The van der Waals surface area contributed by atoms with Gasteiger partial charge in [0.1, 0.15) is 11.4 Å². The molecule has 1 saturated carbocycles. The Hall–Kier alpha value is -2.60. The Morgan fingerprint density at radius 3 is 2.44 bits per heavy atom. The summed E-state index contributed by atoms with van der Waals surface area (Å²) in [7, 11) is 0. The minimum atomic E-state index is -1.28. The van der Waals surface area contributed by atoms with Crippen LogP contribution in [0.5, 0.6) is 0 Å². The molecule has 25 heavy (non-hydrogen) atoms. The summed E-state index contributed by atoms with van der Waals surface area (Å²) in [4.78, 5) is 24.2. The first kappa shape index (κ1) is 17.2. The third kappa shape index (κ3) is 3.91. The highest BCUT2D eigenvalue weighted by atomic mass is 16.4. The van der Waals surface area contributed by atoms with Crippen LogP contribution in [0.2, 0.25) is 0 Å². The van der Waals surface area contributed by atoms with Gasteiger partial charge < -0.3 is 20.2 Å². The Morgan fingerprint density at radius 2 is 1.88 bits per heavy atom. The zero-order chi connectivity index (χ0) is 18.0. The molecule has 1 heterocycles. The first-order chi connectivity index (χ1) is 11.9. The Balaban J connectivity index is 1.62. The molecule has 3 N–H and O–H groups in total. The lowest BCUT2D eigenvalue weighted by Crippen LogP contribution is -2.45. The number of aliphatic hydroxyl groups is 1. The van der Waals surface area contributed by atoms with Crippen molar-refractivity contribution in [1.29, 1.82) is 0 Å². The number of anilines is 1. The second kappa shape index (κ2) is 6.72. The van der Waals surface area contributed by atoms with E-state index >= 15 is 0 Å². The highest BCUT2D eigenvalue weighted by molar-refractivity contribution is 6.39. The molecular formula is C19H22N2O4. The van der Waals surface area contributed by atoms with Gasteiger partial charge in [-0.05, 0) is 68.0 Å². The zero-order valence-electron chi connectivity index (χ0n) is 14.3. The molecule has 3 rings (SSSR count). The van der Waals surface area contributed by atoms with E-state index < -0.39 is 17.4 Å². The molecule has 6 nitrogen and oxygen atoms in total. The largest absolute Gasteiger partial charge is 0.466 e. The van der Waals surface area contributed by atoms with Crippen molar-refractivity contribution in [3.8, 4) is 0 Å². The number of carbonyl (C=O) groups excluding carboxylic acids is 2. The predicted octanol–water partition coefficient (Wildman–Crippen LogP) is 2.25. The summed E-state index contributed by atoms with van der Waals surface area (Å²) in [6.07, 6.45) is 3.21. The molecule has 1 aromatic heterocycles. The van der Waals surface area contributed by atoms with Crippen molar-refractivity contribution in [1.82, 2.24) is 5.32 Å². The van der Waals surface area contributed by atoms with E-state index in [0.717, 1.165) is 24.0 Å². The lowest BCUT2D eigenvalue weighted by atomic mass is 9.94. The first-order valence-corrected chi connectivity index (χ1v) is 8.32. The van der Waals surface area contributed by atoms with Crippen LogP contribution in [0.3, 0.4) is 0 Å². The first-order valence-electron chi connectivity index (χ1n) is 8.32. The molecule has 1 atom stereocenters. The summed E-state index contributed by atoms with van der Waals surface area (Å²) in [5.74, 6) is -1.11. The predicted molar refractivity (Wildman–Crippen MR) is 92.9 cm³/mol. The number of furan rings is 1. The standard InChI is InChI=1S/C19H22N2O4/c1-12-8-13(2)10-15(9-12)21-18(23)17(22)20-11-19(24,14-5-6-14)16-4-3-7-25-16/h3-4,7-10,14,24H,5-6,11H2,1-2H3,(H,20,22)(H,21,23). The van der Waals surface area contributed by atoms with Crippen molar-refractivity contribution in [3.05, 3.63) is 53.5 Å². The summed E-state index contributed by atoms with van der Waals surface area (Å²) < 4.78 is 5.31. The van der Waals surface area contributed by atoms with Gasteiger partial charge in [-0.3, -0.25) is 9.59 Å². The highest BCUT2D eigenvalue weighted by Gasteiger charge is 2.47. The lowest BCUT2D eigenvalue weighted by molar-refractivity contribution is -0.137. The molecule has 1 aliphatic carbocycles. The van der Waals surface area contributed by atoms with E-state index in [1.165, 1.54) is 6.26 Å². The molecule has 1 aromatic carbocycles. The van der Waals surface area contributed by atoms with E-state index in [2.05, 4.69) is 10.6 Å². The highest BCUT2D eigenvalue weighted by Crippen LogP contribution is 2.45. The average Bonchev–Trinajstić information content (AvgIpc) is 3.26. The molecule has 132 valence electrons. The molecule has 2 aromatic rings. The molecule has 0 aliphatic heterocycles. The summed E-state index contributed by atoms with van der Waals surface area (Å²) in [5.41, 5.74) is 1.29. The molecule has 2 amide bonds. The van der Waals surface area contributed by atoms with Crippen LogP contribution in [0.15, 0.2) is 41.0 Å².